The highest BCUT2D eigenvalue weighted by molar-refractivity contribution is 9.11. The first-order chi connectivity index (χ1) is 8.65. The van der Waals surface area contributed by atoms with Crippen molar-refractivity contribution in [2.24, 2.45) is 0 Å². The molecule has 0 bridgehead atoms. The van der Waals surface area contributed by atoms with Crippen LogP contribution < -0.4 is 0 Å². The van der Waals surface area contributed by atoms with Crippen LogP contribution in [-0.2, 0) is 12.8 Å². The Morgan fingerprint density at radius 2 is 2.00 bits per heavy atom. The molecule has 2 aromatic rings. The molecule has 0 atom stereocenters. The fourth-order valence-corrected chi connectivity index (χ4v) is 3.18. The van der Waals surface area contributed by atoms with Crippen LogP contribution in [0.3, 0.4) is 0 Å². The zero-order valence-corrected chi connectivity index (χ0v) is 13.6. The van der Waals surface area contributed by atoms with E-state index in [0.717, 1.165) is 32.2 Å². The average Bonchev–Trinajstić information content (AvgIpc) is 2.34. The van der Waals surface area contributed by atoms with E-state index in [4.69, 9.17) is 12.2 Å². The SMILES string of the molecule is S=C(Cc1cccnc1)Cc1ccc(Br)cc1Br. The van der Waals surface area contributed by atoms with Gasteiger partial charge < -0.3 is 0 Å². The third-order valence-corrected chi connectivity index (χ3v) is 4.05. The lowest BCUT2D eigenvalue weighted by atomic mass is 10.1. The molecule has 0 N–H and O–H groups in total. The van der Waals surface area contributed by atoms with E-state index >= 15 is 0 Å². The molecule has 0 aliphatic heterocycles. The Bertz CT molecular complexity index is 555. The predicted molar refractivity (Wildman–Crippen MR) is 86.1 cm³/mol. The van der Waals surface area contributed by atoms with E-state index < -0.39 is 0 Å². The van der Waals surface area contributed by atoms with Crippen molar-refractivity contribution in [2.75, 3.05) is 0 Å². The number of hydrogen-bond acceptors (Lipinski definition) is 2. The first-order valence-corrected chi connectivity index (χ1v) is 7.49. The van der Waals surface area contributed by atoms with Crippen LogP contribution in [0.25, 0.3) is 0 Å². The molecule has 1 nitrogen and oxygen atoms in total. The molecule has 18 heavy (non-hydrogen) atoms. The largest absolute Gasteiger partial charge is 0.264 e. The molecule has 0 unspecified atom stereocenters. The molecule has 0 fully saturated rings. The van der Waals surface area contributed by atoms with Crippen LogP contribution in [-0.4, -0.2) is 9.85 Å². The van der Waals surface area contributed by atoms with Crippen molar-refractivity contribution >= 4 is 48.9 Å². The predicted octanol–water partition coefficient (Wildman–Crippen LogP) is 4.76. The summed E-state index contributed by atoms with van der Waals surface area (Å²) in [6.45, 7) is 0. The first-order valence-electron chi connectivity index (χ1n) is 5.49. The van der Waals surface area contributed by atoms with Gasteiger partial charge in [0.25, 0.3) is 0 Å². The standard InChI is InChI=1S/C14H11Br2NS/c15-12-4-3-11(14(16)8-12)7-13(18)6-10-2-1-5-17-9-10/h1-5,8-9H,6-7H2. The van der Waals surface area contributed by atoms with E-state index in [-0.39, 0.29) is 0 Å². The molecule has 1 heterocycles. The van der Waals surface area contributed by atoms with Crippen LogP contribution in [0.4, 0.5) is 0 Å². The number of halogens is 2. The zero-order chi connectivity index (χ0) is 13.0. The molecule has 0 saturated carbocycles. The Balaban J connectivity index is 2.03. The minimum absolute atomic E-state index is 0.797. The zero-order valence-electron chi connectivity index (χ0n) is 9.57. The molecule has 0 aliphatic rings. The monoisotopic (exact) mass is 383 g/mol. The second-order valence-electron chi connectivity index (χ2n) is 3.99. The van der Waals surface area contributed by atoms with Crippen LogP contribution in [0, 0.1) is 0 Å². The highest BCUT2D eigenvalue weighted by Crippen LogP contribution is 2.23. The quantitative estimate of drug-likeness (QED) is 0.704. The summed E-state index contributed by atoms with van der Waals surface area (Å²) in [6.07, 6.45) is 5.24. The Morgan fingerprint density at radius 1 is 1.17 bits per heavy atom. The fraction of sp³-hybridized carbons (Fsp3) is 0.143. The molecule has 1 aromatic heterocycles. The number of hydrogen-bond donors (Lipinski definition) is 0. The van der Waals surface area contributed by atoms with E-state index in [2.05, 4.69) is 49.0 Å². The Morgan fingerprint density at radius 3 is 2.67 bits per heavy atom. The van der Waals surface area contributed by atoms with Crippen molar-refractivity contribution in [1.82, 2.24) is 4.98 Å². The van der Waals surface area contributed by atoms with Gasteiger partial charge in [-0.25, -0.2) is 0 Å². The van der Waals surface area contributed by atoms with Gasteiger partial charge >= 0.3 is 0 Å². The molecule has 0 aliphatic carbocycles. The van der Waals surface area contributed by atoms with Crippen LogP contribution in [0.15, 0.2) is 51.7 Å². The van der Waals surface area contributed by atoms with Crippen molar-refractivity contribution in [3.05, 3.63) is 62.8 Å². The normalized spacial score (nSPS) is 10.3. The van der Waals surface area contributed by atoms with Crippen LogP contribution >= 0.6 is 44.1 Å². The summed E-state index contributed by atoms with van der Waals surface area (Å²) in [7, 11) is 0. The third-order valence-electron chi connectivity index (χ3n) is 2.53. The third kappa shape index (κ3) is 3.97. The maximum atomic E-state index is 5.45. The minimum Gasteiger partial charge on any atom is -0.264 e. The molecule has 0 amide bonds. The van der Waals surface area contributed by atoms with Gasteiger partial charge in [0.15, 0.2) is 0 Å². The van der Waals surface area contributed by atoms with Crippen molar-refractivity contribution < 1.29 is 0 Å². The average molecular weight is 385 g/mol. The lowest BCUT2D eigenvalue weighted by molar-refractivity contribution is 1.19. The molecule has 92 valence electrons. The van der Waals surface area contributed by atoms with E-state index in [9.17, 15) is 0 Å². The molecule has 0 radical (unpaired) electrons. The minimum atomic E-state index is 0.797. The highest BCUT2D eigenvalue weighted by atomic mass is 79.9. The smallest absolute Gasteiger partial charge is 0.0303 e. The van der Waals surface area contributed by atoms with Gasteiger partial charge in [0.1, 0.15) is 0 Å². The number of benzene rings is 1. The van der Waals surface area contributed by atoms with E-state index in [0.29, 0.717) is 0 Å². The van der Waals surface area contributed by atoms with Gasteiger partial charge in [-0.1, -0.05) is 56.2 Å². The van der Waals surface area contributed by atoms with E-state index in [1.54, 1.807) is 6.20 Å². The van der Waals surface area contributed by atoms with Gasteiger partial charge in [-0.3, -0.25) is 4.98 Å². The maximum Gasteiger partial charge on any atom is 0.0303 e. The molecule has 0 spiro atoms. The lowest BCUT2D eigenvalue weighted by Crippen LogP contribution is -2.04. The van der Waals surface area contributed by atoms with Crippen LogP contribution in [0.5, 0.6) is 0 Å². The topological polar surface area (TPSA) is 12.9 Å². The second kappa shape index (κ2) is 6.55. The van der Waals surface area contributed by atoms with Crippen LogP contribution in [0.1, 0.15) is 11.1 Å². The number of nitrogens with zero attached hydrogens (tertiary/aromatic N) is 1. The molecule has 2 rings (SSSR count). The summed E-state index contributed by atoms with van der Waals surface area (Å²) in [5, 5.41) is 0. The van der Waals surface area contributed by atoms with Crippen molar-refractivity contribution in [2.45, 2.75) is 12.8 Å². The Labute approximate surface area is 129 Å². The summed E-state index contributed by atoms with van der Waals surface area (Å²) in [4.78, 5) is 5.12. The molecule has 1 aromatic carbocycles. The fourth-order valence-electron chi connectivity index (χ4n) is 1.67. The van der Waals surface area contributed by atoms with Gasteiger partial charge in [-0.05, 0) is 29.3 Å². The van der Waals surface area contributed by atoms with E-state index in [1.165, 1.54) is 5.56 Å². The van der Waals surface area contributed by atoms with Gasteiger partial charge in [0.05, 0.1) is 0 Å². The molecular formula is C14H11Br2NS. The van der Waals surface area contributed by atoms with Crippen LogP contribution in [0.2, 0.25) is 0 Å². The van der Waals surface area contributed by atoms with Gasteiger partial charge in [-0.15, -0.1) is 0 Å². The molecule has 0 saturated heterocycles. The summed E-state index contributed by atoms with van der Waals surface area (Å²) in [6, 6.07) is 10.2. The summed E-state index contributed by atoms with van der Waals surface area (Å²) < 4.78 is 2.15. The second-order valence-corrected chi connectivity index (χ2v) is 6.34. The number of aromatic nitrogens is 1. The van der Waals surface area contributed by atoms with Crippen molar-refractivity contribution in [3.8, 4) is 0 Å². The first kappa shape index (κ1) is 13.8. The number of pyridine rings is 1. The van der Waals surface area contributed by atoms with Crippen molar-refractivity contribution in [1.29, 1.82) is 0 Å². The number of thiocarbonyl (C=S) groups is 1. The van der Waals surface area contributed by atoms with Crippen molar-refractivity contribution in [3.63, 3.8) is 0 Å². The summed E-state index contributed by atoms with van der Waals surface area (Å²) >= 11 is 12.5. The van der Waals surface area contributed by atoms with Gasteiger partial charge in [0.2, 0.25) is 0 Å². The maximum absolute atomic E-state index is 5.45. The number of rotatable bonds is 4. The Kier molecular flexibility index (Phi) is 5.03. The highest BCUT2D eigenvalue weighted by Gasteiger charge is 2.05. The van der Waals surface area contributed by atoms with Gasteiger partial charge in [0, 0.05) is 39.0 Å². The van der Waals surface area contributed by atoms with E-state index in [1.807, 2.05) is 24.4 Å². The lowest BCUT2D eigenvalue weighted by Gasteiger charge is -2.07. The summed E-state index contributed by atoms with van der Waals surface area (Å²) in [5.74, 6) is 0. The summed E-state index contributed by atoms with van der Waals surface area (Å²) in [5.41, 5.74) is 2.38. The van der Waals surface area contributed by atoms with Gasteiger partial charge in [-0.2, -0.15) is 0 Å². The molecular weight excluding hydrogens is 374 g/mol. The Hall–Kier alpha value is -0.580. The molecule has 4 heteroatoms.